The lowest BCUT2D eigenvalue weighted by Crippen LogP contribution is -2.16. The zero-order chi connectivity index (χ0) is 11.5. The molecule has 15 heavy (non-hydrogen) atoms. The van der Waals surface area contributed by atoms with Crippen LogP contribution in [0.25, 0.3) is 0 Å². The third-order valence-corrected chi connectivity index (χ3v) is 2.82. The quantitative estimate of drug-likeness (QED) is 0.665. The van der Waals surface area contributed by atoms with Crippen LogP contribution >= 0.6 is 0 Å². The summed E-state index contributed by atoms with van der Waals surface area (Å²) in [6, 6.07) is 0. The van der Waals surface area contributed by atoms with E-state index in [1.165, 1.54) is 31.9 Å². The average Bonchev–Trinajstić information content (AvgIpc) is 2.24. The molecule has 0 atom stereocenters. The minimum Gasteiger partial charge on any atom is -0.502 e. The van der Waals surface area contributed by atoms with Crippen molar-refractivity contribution in [2.45, 2.75) is 39.5 Å². The molecule has 0 bridgehead atoms. The molecule has 1 aliphatic rings. The van der Waals surface area contributed by atoms with Crippen molar-refractivity contribution in [3.05, 3.63) is 12.8 Å². The number of hydrogen-bond acceptors (Lipinski definition) is 2. The monoisotopic (exact) mass is 214 g/mol. The zero-order valence-corrected chi connectivity index (χ0v) is 10.5. The fraction of sp³-hybridized carbons (Fsp3) is 0.846. The Balaban J connectivity index is 0.000000336. The van der Waals surface area contributed by atoms with E-state index in [-0.39, 0.29) is 0 Å². The summed E-state index contributed by atoms with van der Waals surface area (Å²) in [6.07, 6.45) is 7.02. The molecule has 0 amide bonds. The minimum absolute atomic E-state index is 0.726. The predicted octanol–water partition coefficient (Wildman–Crippen LogP) is 3.63. The summed E-state index contributed by atoms with van der Waals surface area (Å²) in [6.45, 7) is 9.30. The molecule has 1 rings (SSSR count). The molecule has 0 spiro atoms. The largest absolute Gasteiger partial charge is 0.502 e. The van der Waals surface area contributed by atoms with Gasteiger partial charge in [0.15, 0.2) is 0 Å². The summed E-state index contributed by atoms with van der Waals surface area (Å²) in [5.41, 5.74) is 0. The van der Waals surface area contributed by atoms with Gasteiger partial charge in [0.2, 0.25) is 0 Å². The molecule has 0 saturated heterocycles. The van der Waals surface area contributed by atoms with Crippen LogP contribution in [0.3, 0.4) is 0 Å². The molecule has 0 aromatic heterocycles. The highest BCUT2D eigenvalue weighted by atomic mass is 16.5. The molecule has 1 aliphatic carbocycles. The molecule has 2 nitrogen and oxygen atoms in total. The molecule has 90 valence electrons. The summed E-state index contributed by atoms with van der Waals surface area (Å²) in [7, 11) is 1.80. The average molecular weight is 214 g/mol. The first-order chi connectivity index (χ1) is 7.24. The van der Waals surface area contributed by atoms with Crippen molar-refractivity contribution in [2.24, 2.45) is 11.8 Å². The van der Waals surface area contributed by atoms with E-state index in [1.807, 2.05) is 6.92 Å². The maximum atomic E-state index is 5.12. The Kier molecular flexibility index (Phi) is 9.70. The van der Waals surface area contributed by atoms with Crippen molar-refractivity contribution >= 4 is 0 Å². The number of methoxy groups -OCH3 is 1. The SMILES string of the molecule is C=COCC.COCC1CCC(C)CC1. The first-order valence-corrected chi connectivity index (χ1v) is 5.96. The molecule has 0 N–H and O–H groups in total. The fourth-order valence-corrected chi connectivity index (χ4v) is 1.85. The second kappa shape index (κ2) is 10.0. The molecular formula is C13H26O2. The minimum atomic E-state index is 0.726. The van der Waals surface area contributed by atoms with Gasteiger partial charge < -0.3 is 9.47 Å². The first-order valence-electron chi connectivity index (χ1n) is 5.96. The van der Waals surface area contributed by atoms with Crippen LogP contribution in [-0.2, 0) is 9.47 Å². The van der Waals surface area contributed by atoms with Crippen molar-refractivity contribution in [3.63, 3.8) is 0 Å². The maximum Gasteiger partial charge on any atom is 0.0844 e. The van der Waals surface area contributed by atoms with Crippen LogP contribution in [0.1, 0.15) is 39.5 Å². The maximum absolute atomic E-state index is 5.12. The topological polar surface area (TPSA) is 18.5 Å². The van der Waals surface area contributed by atoms with E-state index in [1.54, 1.807) is 7.11 Å². The van der Waals surface area contributed by atoms with E-state index in [0.717, 1.165) is 25.0 Å². The molecule has 0 radical (unpaired) electrons. The highest BCUT2D eigenvalue weighted by Gasteiger charge is 2.17. The summed E-state index contributed by atoms with van der Waals surface area (Å²) >= 11 is 0. The van der Waals surface area contributed by atoms with E-state index in [2.05, 4.69) is 18.2 Å². The van der Waals surface area contributed by atoms with Gasteiger partial charge >= 0.3 is 0 Å². The van der Waals surface area contributed by atoms with Gasteiger partial charge in [-0.1, -0.05) is 26.3 Å². The summed E-state index contributed by atoms with van der Waals surface area (Å²) < 4.78 is 9.71. The third kappa shape index (κ3) is 8.49. The van der Waals surface area contributed by atoms with Crippen LogP contribution in [0.2, 0.25) is 0 Å². The molecular weight excluding hydrogens is 188 g/mol. The molecule has 0 unspecified atom stereocenters. The van der Waals surface area contributed by atoms with Crippen molar-refractivity contribution in [1.29, 1.82) is 0 Å². The van der Waals surface area contributed by atoms with Gasteiger partial charge in [-0.2, -0.15) is 0 Å². The van der Waals surface area contributed by atoms with Gasteiger partial charge in [0.1, 0.15) is 0 Å². The van der Waals surface area contributed by atoms with Gasteiger partial charge in [-0.05, 0) is 31.6 Å². The van der Waals surface area contributed by atoms with Crippen molar-refractivity contribution in [2.75, 3.05) is 20.3 Å². The second-order valence-corrected chi connectivity index (χ2v) is 4.20. The second-order valence-electron chi connectivity index (χ2n) is 4.20. The Hall–Kier alpha value is -0.500. The van der Waals surface area contributed by atoms with Gasteiger partial charge in [-0.25, -0.2) is 0 Å². The van der Waals surface area contributed by atoms with Gasteiger partial charge in [0.25, 0.3) is 0 Å². The summed E-state index contributed by atoms with van der Waals surface area (Å²) in [4.78, 5) is 0. The van der Waals surface area contributed by atoms with Crippen molar-refractivity contribution < 1.29 is 9.47 Å². The number of hydrogen-bond donors (Lipinski definition) is 0. The number of rotatable bonds is 4. The van der Waals surface area contributed by atoms with Crippen LogP contribution in [0, 0.1) is 11.8 Å². The van der Waals surface area contributed by atoms with Crippen LogP contribution in [0.5, 0.6) is 0 Å². The van der Waals surface area contributed by atoms with E-state index >= 15 is 0 Å². The normalized spacial score (nSPS) is 25.0. The van der Waals surface area contributed by atoms with E-state index in [4.69, 9.17) is 4.74 Å². The Labute approximate surface area is 94.7 Å². The van der Waals surface area contributed by atoms with E-state index < -0.39 is 0 Å². The molecule has 1 fully saturated rings. The predicted molar refractivity (Wildman–Crippen MR) is 64.8 cm³/mol. The van der Waals surface area contributed by atoms with Crippen molar-refractivity contribution in [3.8, 4) is 0 Å². The highest BCUT2D eigenvalue weighted by molar-refractivity contribution is 4.69. The third-order valence-electron chi connectivity index (χ3n) is 2.82. The lowest BCUT2D eigenvalue weighted by Gasteiger charge is -2.25. The first kappa shape index (κ1) is 14.5. The van der Waals surface area contributed by atoms with E-state index in [9.17, 15) is 0 Å². The van der Waals surface area contributed by atoms with Crippen molar-refractivity contribution in [1.82, 2.24) is 0 Å². The Bertz CT molecular complexity index is 137. The Morgan fingerprint density at radius 3 is 2.20 bits per heavy atom. The Morgan fingerprint density at radius 1 is 1.27 bits per heavy atom. The number of ether oxygens (including phenoxy) is 2. The van der Waals surface area contributed by atoms with Crippen LogP contribution in [0.4, 0.5) is 0 Å². The molecule has 1 saturated carbocycles. The van der Waals surface area contributed by atoms with Crippen LogP contribution in [-0.4, -0.2) is 20.3 Å². The Morgan fingerprint density at radius 2 is 1.87 bits per heavy atom. The molecule has 0 aromatic rings. The van der Waals surface area contributed by atoms with E-state index in [0.29, 0.717) is 0 Å². The van der Waals surface area contributed by atoms with Gasteiger partial charge in [-0.15, -0.1) is 0 Å². The zero-order valence-electron chi connectivity index (χ0n) is 10.5. The summed E-state index contributed by atoms with van der Waals surface area (Å²) in [5, 5.41) is 0. The summed E-state index contributed by atoms with van der Waals surface area (Å²) in [5.74, 6) is 1.83. The standard InChI is InChI=1S/C9H18O.C4H8O/c1-8-3-5-9(6-4-8)7-10-2;1-3-5-4-2/h8-9H,3-7H2,1-2H3;3H,1,4H2,2H3. The fourth-order valence-electron chi connectivity index (χ4n) is 1.85. The van der Waals surface area contributed by atoms with Gasteiger partial charge in [-0.3, -0.25) is 0 Å². The lowest BCUT2D eigenvalue weighted by atomic mass is 9.83. The highest BCUT2D eigenvalue weighted by Crippen LogP contribution is 2.27. The molecule has 0 heterocycles. The lowest BCUT2D eigenvalue weighted by molar-refractivity contribution is 0.121. The molecule has 2 heteroatoms. The van der Waals surface area contributed by atoms with Gasteiger partial charge in [0, 0.05) is 13.7 Å². The smallest absolute Gasteiger partial charge is 0.0844 e. The van der Waals surface area contributed by atoms with Crippen LogP contribution < -0.4 is 0 Å². The molecule has 0 aliphatic heterocycles. The van der Waals surface area contributed by atoms with Crippen LogP contribution in [0.15, 0.2) is 12.8 Å². The van der Waals surface area contributed by atoms with Gasteiger partial charge in [0.05, 0.1) is 12.9 Å². The molecule has 0 aromatic carbocycles.